The molecule has 0 atom stereocenters. The first kappa shape index (κ1) is 22.2. The van der Waals surface area contributed by atoms with E-state index in [9.17, 15) is 4.79 Å². The molecule has 1 fully saturated rings. The maximum Gasteiger partial charge on any atom is 0.231 e. The Morgan fingerprint density at radius 2 is 1.94 bits per heavy atom. The smallest absolute Gasteiger partial charge is 0.231 e. The molecule has 0 saturated carbocycles. The van der Waals surface area contributed by atoms with Gasteiger partial charge in [0.25, 0.3) is 0 Å². The summed E-state index contributed by atoms with van der Waals surface area (Å²) in [5.41, 5.74) is 2.96. The normalized spacial score (nSPS) is 14.6. The summed E-state index contributed by atoms with van der Waals surface area (Å²) in [6.07, 6.45) is 2.30. The van der Waals surface area contributed by atoms with Crippen LogP contribution in [-0.2, 0) is 17.8 Å². The third kappa shape index (κ3) is 5.44. The van der Waals surface area contributed by atoms with Crippen molar-refractivity contribution in [2.75, 3.05) is 31.8 Å². The zero-order chi connectivity index (χ0) is 22.3. The molecule has 1 amide bonds. The highest BCUT2D eigenvalue weighted by atomic mass is 32.2. The molecule has 1 saturated heterocycles. The zero-order valence-electron chi connectivity index (χ0n) is 18.0. The van der Waals surface area contributed by atoms with E-state index in [4.69, 9.17) is 9.47 Å². The van der Waals surface area contributed by atoms with Crippen LogP contribution < -0.4 is 14.8 Å². The summed E-state index contributed by atoms with van der Waals surface area (Å²) in [4.78, 5) is 19.5. The quantitative estimate of drug-likeness (QED) is 0.509. The van der Waals surface area contributed by atoms with Crippen molar-refractivity contribution in [1.29, 1.82) is 0 Å². The first-order chi connectivity index (χ1) is 15.7. The summed E-state index contributed by atoms with van der Waals surface area (Å²) in [5, 5.41) is 7.18. The van der Waals surface area contributed by atoms with E-state index in [0.717, 1.165) is 33.7 Å². The van der Waals surface area contributed by atoms with Gasteiger partial charge in [-0.25, -0.2) is 4.98 Å². The Bertz CT molecular complexity index is 1100. The molecule has 6 nitrogen and oxygen atoms in total. The van der Waals surface area contributed by atoms with Crippen LogP contribution in [0.2, 0.25) is 0 Å². The topological polar surface area (TPSA) is 63.7 Å². The van der Waals surface area contributed by atoms with Gasteiger partial charge in [-0.3, -0.25) is 4.79 Å². The third-order valence-corrected chi connectivity index (χ3v) is 6.85. The number of anilines is 1. The number of thioether (sulfide) groups is 1. The van der Waals surface area contributed by atoms with Gasteiger partial charge >= 0.3 is 0 Å². The maximum atomic E-state index is 13.0. The summed E-state index contributed by atoms with van der Waals surface area (Å²) in [7, 11) is 3.19. The largest absolute Gasteiger partial charge is 0.493 e. The number of nitrogens with one attached hydrogen (secondary N) is 1. The highest BCUT2D eigenvalue weighted by molar-refractivity contribution is 8.03. The van der Waals surface area contributed by atoms with Crippen LogP contribution in [0.25, 0.3) is 6.08 Å². The van der Waals surface area contributed by atoms with E-state index in [1.54, 1.807) is 37.3 Å². The van der Waals surface area contributed by atoms with Crippen molar-refractivity contribution in [2.45, 2.75) is 13.0 Å². The van der Waals surface area contributed by atoms with Crippen LogP contribution in [0, 0.1) is 0 Å². The molecular weight excluding hydrogens is 442 g/mol. The Balaban J connectivity index is 1.41. The minimum atomic E-state index is 0.0612. The van der Waals surface area contributed by atoms with Crippen LogP contribution in [0.3, 0.4) is 0 Å². The number of aromatic nitrogens is 1. The number of hydrogen-bond donors (Lipinski definition) is 1. The second-order valence-electron chi connectivity index (χ2n) is 7.16. The lowest BCUT2D eigenvalue weighted by molar-refractivity contribution is -0.127. The second-order valence-corrected chi connectivity index (χ2v) is 9.13. The number of hydrogen-bond acceptors (Lipinski definition) is 7. The molecule has 0 bridgehead atoms. The predicted octanol–water partition coefficient (Wildman–Crippen LogP) is 4.89. The lowest BCUT2D eigenvalue weighted by atomic mass is 10.1. The van der Waals surface area contributed by atoms with Gasteiger partial charge in [-0.05, 0) is 29.3 Å². The number of methoxy groups -OCH3 is 2. The number of nitrogens with zero attached hydrogens (tertiary/aromatic N) is 2. The monoisotopic (exact) mass is 467 g/mol. The van der Waals surface area contributed by atoms with Gasteiger partial charge in [0.1, 0.15) is 0 Å². The molecule has 0 aliphatic carbocycles. The Hall–Kier alpha value is -2.97. The van der Waals surface area contributed by atoms with Gasteiger partial charge in [0.2, 0.25) is 5.91 Å². The third-order valence-electron chi connectivity index (χ3n) is 5.02. The van der Waals surface area contributed by atoms with Gasteiger partial charge in [-0.1, -0.05) is 36.4 Å². The summed E-state index contributed by atoms with van der Waals surface area (Å²) in [6.45, 7) is 1.43. The first-order valence-electron chi connectivity index (χ1n) is 10.3. The van der Waals surface area contributed by atoms with Crippen molar-refractivity contribution in [1.82, 2.24) is 9.88 Å². The lowest BCUT2D eigenvalue weighted by Crippen LogP contribution is -2.28. The van der Waals surface area contributed by atoms with E-state index in [2.05, 4.69) is 22.4 Å². The molecule has 2 heterocycles. The molecule has 0 unspecified atom stereocenters. The molecule has 0 radical (unpaired) electrons. The predicted molar refractivity (Wildman–Crippen MR) is 131 cm³/mol. The molecule has 1 aromatic heterocycles. The van der Waals surface area contributed by atoms with E-state index >= 15 is 0 Å². The van der Waals surface area contributed by atoms with Crippen LogP contribution >= 0.6 is 23.1 Å². The van der Waals surface area contributed by atoms with Crippen LogP contribution in [0.15, 0.2) is 58.9 Å². The highest BCUT2D eigenvalue weighted by Crippen LogP contribution is 2.32. The average molecular weight is 468 g/mol. The van der Waals surface area contributed by atoms with Crippen LogP contribution in [0.1, 0.15) is 16.8 Å². The summed E-state index contributed by atoms with van der Waals surface area (Å²) in [6, 6.07) is 15.8. The van der Waals surface area contributed by atoms with E-state index in [-0.39, 0.29) is 5.91 Å². The van der Waals surface area contributed by atoms with Crippen molar-refractivity contribution in [3.8, 4) is 11.5 Å². The standard InChI is InChI=1S/C24H25N3O3S2/c1-29-20-9-8-18(12-21(20)30-2)13-22(28)27-10-11-31-23(27)14-19-16-32-24(26-19)25-15-17-6-4-3-5-7-17/h3-9,12,14,16H,10-11,13,15H2,1-2H3,(H,25,26)/b23-14+. The number of ether oxygens (including phenoxy) is 2. The van der Waals surface area contributed by atoms with Crippen molar-refractivity contribution >= 4 is 40.2 Å². The first-order valence-corrected chi connectivity index (χ1v) is 12.1. The highest BCUT2D eigenvalue weighted by Gasteiger charge is 2.24. The van der Waals surface area contributed by atoms with Gasteiger partial charge in [0.05, 0.1) is 31.4 Å². The Labute approximate surface area is 196 Å². The number of rotatable bonds is 8. The van der Waals surface area contributed by atoms with Gasteiger partial charge in [-0.2, -0.15) is 0 Å². The number of carbonyl (C=O) groups excluding carboxylic acids is 1. The van der Waals surface area contributed by atoms with Gasteiger partial charge in [0, 0.05) is 24.2 Å². The molecule has 4 rings (SSSR count). The summed E-state index contributed by atoms with van der Waals surface area (Å²) >= 11 is 3.25. The summed E-state index contributed by atoms with van der Waals surface area (Å²) in [5.74, 6) is 2.22. The fraction of sp³-hybridized carbons (Fsp3) is 0.250. The van der Waals surface area contributed by atoms with Crippen molar-refractivity contribution in [3.63, 3.8) is 0 Å². The van der Waals surface area contributed by atoms with E-state index in [1.807, 2.05) is 52.8 Å². The van der Waals surface area contributed by atoms with Crippen LogP contribution in [0.5, 0.6) is 11.5 Å². The average Bonchev–Trinajstić information content (AvgIpc) is 3.48. The molecule has 166 valence electrons. The number of amides is 1. The van der Waals surface area contributed by atoms with Gasteiger partial charge < -0.3 is 19.7 Å². The van der Waals surface area contributed by atoms with E-state index in [0.29, 0.717) is 24.5 Å². The van der Waals surface area contributed by atoms with Gasteiger partial charge in [-0.15, -0.1) is 23.1 Å². The molecule has 0 spiro atoms. The fourth-order valence-corrected chi connectivity index (χ4v) is 5.09. The van der Waals surface area contributed by atoms with Gasteiger partial charge in [0.15, 0.2) is 16.6 Å². The van der Waals surface area contributed by atoms with Crippen molar-refractivity contribution in [3.05, 3.63) is 75.8 Å². The van der Waals surface area contributed by atoms with E-state index in [1.165, 1.54) is 5.56 Å². The van der Waals surface area contributed by atoms with Crippen molar-refractivity contribution in [2.24, 2.45) is 0 Å². The molecular formula is C24H25N3O3S2. The Morgan fingerprint density at radius 3 is 2.72 bits per heavy atom. The second kappa shape index (κ2) is 10.6. The zero-order valence-corrected chi connectivity index (χ0v) is 19.7. The van der Waals surface area contributed by atoms with Crippen LogP contribution in [0.4, 0.5) is 5.13 Å². The van der Waals surface area contributed by atoms with Crippen molar-refractivity contribution < 1.29 is 14.3 Å². The lowest BCUT2D eigenvalue weighted by Gasteiger charge is -2.17. The van der Waals surface area contributed by atoms with E-state index < -0.39 is 0 Å². The Morgan fingerprint density at radius 1 is 1.12 bits per heavy atom. The fourth-order valence-electron chi connectivity index (χ4n) is 3.39. The van der Waals surface area contributed by atoms with Crippen LogP contribution in [-0.4, -0.2) is 42.3 Å². The molecule has 1 N–H and O–H groups in total. The molecule has 8 heteroatoms. The molecule has 1 aliphatic rings. The molecule has 1 aliphatic heterocycles. The number of benzene rings is 2. The summed E-state index contributed by atoms with van der Waals surface area (Å²) < 4.78 is 10.6. The molecule has 3 aromatic rings. The molecule has 2 aromatic carbocycles. The minimum absolute atomic E-state index is 0.0612. The number of carbonyl (C=O) groups is 1. The SMILES string of the molecule is COc1ccc(CC(=O)N2CCS/C2=C/c2csc(NCc3ccccc3)n2)cc1OC. The number of thiazole rings is 1. The Kier molecular flexibility index (Phi) is 7.34. The minimum Gasteiger partial charge on any atom is -0.493 e. The molecule has 32 heavy (non-hydrogen) atoms. The maximum absolute atomic E-state index is 13.0.